The first-order chi connectivity index (χ1) is 20.7. The number of rotatable bonds is 8. The van der Waals surface area contributed by atoms with Crippen LogP contribution < -0.4 is 14.1 Å². The Morgan fingerprint density at radius 1 is 1.14 bits per heavy atom. The number of amides is 1. The van der Waals surface area contributed by atoms with Crippen LogP contribution in [0.3, 0.4) is 0 Å². The van der Waals surface area contributed by atoms with Crippen molar-refractivity contribution < 1.29 is 27.3 Å². The van der Waals surface area contributed by atoms with E-state index >= 15 is 0 Å². The number of sulfonamides is 1. The fourth-order valence-corrected chi connectivity index (χ4v) is 7.18. The number of methoxy groups -OCH3 is 1. The van der Waals surface area contributed by atoms with Crippen molar-refractivity contribution >= 4 is 60.4 Å². The predicted octanol–water partition coefficient (Wildman–Crippen LogP) is 5.63. The van der Waals surface area contributed by atoms with E-state index in [0.29, 0.717) is 29.9 Å². The summed E-state index contributed by atoms with van der Waals surface area (Å²) in [6.07, 6.45) is 2.67. The van der Waals surface area contributed by atoms with E-state index in [1.807, 2.05) is 18.2 Å². The molecule has 5 aromatic rings. The van der Waals surface area contributed by atoms with Crippen LogP contribution in [0, 0.1) is 10.1 Å². The standard InChI is InChI=1S/C29H23N5O7S2/c1-40-21-10-14-24-26(17-21)42-29(31-24)33(30-18-22-11-15-27(41-22)34(36)37)28(35)20-8-12-23(13-9-20)43(38,39)32-16-4-6-19-5-2-3-7-25(19)32/h2-3,5,7-15,17-18H,4,6,16H2,1H3/b30-18+. The average Bonchev–Trinajstić information content (AvgIpc) is 3.68. The van der Waals surface area contributed by atoms with E-state index in [1.54, 1.807) is 31.4 Å². The number of carbonyl (C=O) groups excluding carboxylic acids is 1. The molecule has 1 aliphatic heterocycles. The van der Waals surface area contributed by atoms with E-state index in [9.17, 15) is 23.3 Å². The second-order valence-electron chi connectivity index (χ2n) is 9.46. The molecule has 1 amide bonds. The minimum atomic E-state index is -3.88. The number of aryl methyl sites for hydroxylation is 1. The molecule has 218 valence electrons. The molecule has 0 saturated carbocycles. The van der Waals surface area contributed by atoms with Gasteiger partial charge in [0, 0.05) is 12.1 Å². The Balaban J connectivity index is 1.33. The molecule has 0 atom stereocenters. The molecule has 3 aromatic carbocycles. The highest BCUT2D eigenvalue weighted by molar-refractivity contribution is 7.92. The quantitative estimate of drug-likeness (QED) is 0.124. The number of aromatic nitrogens is 1. The number of hydrazone groups is 1. The Kier molecular flexibility index (Phi) is 7.38. The molecule has 14 heteroatoms. The topological polar surface area (TPSA) is 148 Å². The molecule has 0 saturated heterocycles. The van der Waals surface area contributed by atoms with Gasteiger partial charge in [-0.15, -0.1) is 0 Å². The monoisotopic (exact) mass is 617 g/mol. The molecular weight excluding hydrogens is 594 g/mol. The van der Waals surface area contributed by atoms with Gasteiger partial charge in [-0.25, -0.2) is 13.4 Å². The zero-order valence-corrected chi connectivity index (χ0v) is 24.2. The van der Waals surface area contributed by atoms with Gasteiger partial charge in [-0.05, 0) is 73.0 Å². The molecule has 0 spiro atoms. The Morgan fingerprint density at radius 3 is 2.67 bits per heavy atom. The molecule has 2 aromatic heterocycles. The van der Waals surface area contributed by atoms with Crippen molar-refractivity contribution in [1.82, 2.24) is 4.98 Å². The SMILES string of the molecule is COc1ccc2nc(N(/N=C/c3ccc([N+](=O)[O-])o3)C(=O)c3ccc(S(=O)(=O)N4CCCc5ccccc54)cc3)sc2c1. The summed E-state index contributed by atoms with van der Waals surface area (Å²) < 4.78 is 39.7. The maximum Gasteiger partial charge on any atom is 0.433 e. The molecule has 6 rings (SSSR count). The number of hydrogen-bond donors (Lipinski definition) is 0. The molecule has 0 unspecified atom stereocenters. The number of anilines is 2. The number of nitro groups is 1. The summed E-state index contributed by atoms with van der Waals surface area (Å²) in [5, 5.41) is 16.5. The van der Waals surface area contributed by atoms with Gasteiger partial charge in [-0.3, -0.25) is 19.2 Å². The van der Waals surface area contributed by atoms with Gasteiger partial charge in [-0.1, -0.05) is 29.5 Å². The second-order valence-corrected chi connectivity index (χ2v) is 12.3. The lowest BCUT2D eigenvalue weighted by Gasteiger charge is -2.30. The Labute approximate surface area is 249 Å². The second kappa shape index (κ2) is 11.3. The number of benzene rings is 3. The highest BCUT2D eigenvalue weighted by Crippen LogP contribution is 2.34. The first-order valence-corrected chi connectivity index (χ1v) is 15.3. The molecule has 0 radical (unpaired) electrons. The molecule has 3 heterocycles. The molecule has 12 nitrogen and oxygen atoms in total. The summed E-state index contributed by atoms with van der Waals surface area (Å²) in [5.74, 6) is -0.411. The third kappa shape index (κ3) is 5.45. The van der Waals surface area contributed by atoms with Crippen molar-refractivity contribution in [3.8, 4) is 5.75 Å². The van der Waals surface area contributed by atoms with E-state index < -0.39 is 26.7 Å². The third-order valence-electron chi connectivity index (χ3n) is 6.81. The van der Waals surface area contributed by atoms with Crippen molar-refractivity contribution in [2.75, 3.05) is 23.0 Å². The van der Waals surface area contributed by atoms with Crippen LogP contribution in [0.15, 0.2) is 93.3 Å². The van der Waals surface area contributed by atoms with Gasteiger partial charge in [-0.2, -0.15) is 10.1 Å². The first-order valence-electron chi connectivity index (χ1n) is 13.0. The normalized spacial score (nSPS) is 13.3. The molecule has 0 bridgehead atoms. The number of carbonyl (C=O) groups is 1. The Bertz CT molecular complexity index is 1980. The van der Waals surface area contributed by atoms with Crippen LogP contribution in [0.1, 0.15) is 28.1 Å². The molecular formula is C29H23N5O7S2. The van der Waals surface area contributed by atoms with Crippen LogP contribution in [-0.4, -0.2) is 44.1 Å². The summed E-state index contributed by atoms with van der Waals surface area (Å²) in [5.41, 5.74) is 2.37. The zero-order valence-electron chi connectivity index (χ0n) is 22.6. The van der Waals surface area contributed by atoms with Gasteiger partial charge in [0.15, 0.2) is 5.76 Å². The lowest BCUT2D eigenvalue weighted by Crippen LogP contribution is -2.35. The maximum absolute atomic E-state index is 13.8. The van der Waals surface area contributed by atoms with Crippen LogP contribution in [0.25, 0.3) is 10.2 Å². The van der Waals surface area contributed by atoms with E-state index in [-0.39, 0.29) is 21.4 Å². The average molecular weight is 618 g/mol. The minimum absolute atomic E-state index is 0.0470. The highest BCUT2D eigenvalue weighted by atomic mass is 32.2. The van der Waals surface area contributed by atoms with Crippen LogP contribution >= 0.6 is 11.3 Å². The number of hydrogen-bond acceptors (Lipinski definition) is 10. The van der Waals surface area contributed by atoms with Crippen molar-refractivity contribution in [3.63, 3.8) is 0 Å². The molecule has 0 aliphatic carbocycles. The van der Waals surface area contributed by atoms with Crippen molar-refractivity contribution in [2.24, 2.45) is 5.10 Å². The lowest BCUT2D eigenvalue weighted by atomic mass is 10.0. The van der Waals surface area contributed by atoms with Crippen LogP contribution in [0.2, 0.25) is 0 Å². The smallest absolute Gasteiger partial charge is 0.433 e. The fourth-order valence-electron chi connectivity index (χ4n) is 4.69. The minimum Gasteiger partial charge on any atom is -0.497 e. The van der Waals surface area contributed by atoms with E-state index in [4.69, 9.17) is 9.15 Å². The summed E-state index contributed by atoms with van der Waals surface area (Å²) >= 11 is 1.18. The number of nitrogens with zero attached hydrogens (tertiary/aromatic N) is 5. The molecule has 0 N–H and O–H groups in total. The van der Waals surface area contributed by atoms with E-state index in [0.717, 1.165) is 21.7 Å². The van der Waals surface area contributed by atoms with Crippen LogP contribution in [0.4, 0.5) is 16.7 Å². The largest absolute Gasteiger partial charge is 0.497 e. The molecule has 0 fully saturated rings. The van der Waals surface area contributed by atoms with Gasteiger partial charge in [0.2, 0.25) is 5.13 Å². The van der Waals surface area contributed by atoms with Crippen molar-refractivity contribution in [1.29, 1.82) is 0 Å². The first kappa shape index (κ1) is 28.1. The number of fused-ring (bicyclic) bond motifs is 2. The Hall–Kier alpha value is -5.08. The maximum atomic E-state index is 13.8. The van der Waals surface area contributed by atoms with Crippen LogP contribution in [-0.2, 0) is 16.4 Å². The van der Waals surface area contributed by atoms with Gasteiger partial charge in [0.25, 0.3) is 15.9 Å². The van der Waals surface area contributed by atoms with E-state index in [2.05, 4.69) is 10.1 Å². The fraction of sp³-hybridized carbons (Fsp3) is 0.138. The zero-order chi connectivity index (χ0) is 30.1. The summed E-state index contributed by atoms with van der Waals surface area (Å²) in [7, 11) is -2.33. The summed E-state index contributed by atoms with van der Waals surface area (Å²) in [4.78, 5) is 28.7. The lowest BCUT2D eigenvalue weighted by molar-refractivity contribution is -0.402. The molecule has 1 aliphatic rings. The van der Waals surface area contributed by atoms with Gasteiger partial charge in [0.05, 0.1) is 40.2 Å². The molecule has 43 heavy (non-hydrogen) atoms. The number of furan rings is 1. The van der Waals surface area contributed by atoms with Crippen molar-refractivity contribution in [2.45, 2.75) is 17.7 Å². The third-order valence-corrected chi connectivity index (χ3v) is 9.63. The van der Waals surface area contributed by atoms with Crippen molar-refractivity contribution in [3.05, 3.63) is 106 Å². The van der Waals surface area contributed by atoms with Gasteiger partial charge in [0.1, 0.15) is 10.7 Å². The summed E-state index contributed by atoms with van der Waals surface area (Å²) in [6.45, 7) is 0.357. The number of ether oxygens (including phenoxy) is 1. The van der Waals surface area contributed by atoms with Gasteiger partial charge < -0.3 is 9.15 Å². The summed E-state index contributed by atoms with van der Waals surface area (Å²) in [6, 6.07) is 20.8. The highest BCUT2D eigenvalue weighted by Gasteiger charge is 2.29. The van der Waals surface area contributed by atoms with Gasteiger partial charge >= 0.3 is 5.88 Å². The predicted molar refractivity (Wildman–Crippen MR) is 162 cm³/mol. The number of thiazole rings is 1. The van der Waals surface area contributed by atoms with Crippen LogP contribution in [0.5, 0.6) is 5.75 Å². The number of para-hydroxylation sites is 1. The Morgan fingerprint density at radius 2 is 1.93 bits per heavy atom. The van der Waals surface area contributed by atoms with E-state index in [1.165, 1.54) is 58.3 Å².